The number of carbonyl (C=O) groups excluding carboxylic acids is 2. The maximum absolute atomic E-state index is 11.2. The predicted octanol–water partition coefficient (Wildman–Crippen LogP) is -1.27. The number of nitrogens with one attached hydrogen (secondary N) is 3. The van der Waals surface area contributed by atoms with Gasteiger partial charge in [0.15, 0.2) is 5.82 Å². The van der Waals surface area contributed by atoms with Gasteiger partial charge in [0.05, 0.1) is 0 Å². The topological polar surface area (TPSA) is 113 Å². The molecule has 0 bridgehead atoms. The van der Waals surface area contributed by atoms with E-state index in [1.165, 1.54) is 0 Å². The molecule has 5 N–H and O–H groups in total. The zero-order valence-electron chi connectivity index (χ0n) is 8.33. The molecule has 0 aromatic carbocycles. The van der Waals surface area contributed by atoms with E-state index < -0.39 is 11.8 Å². The smallest absolute Gasteiger partial charge is 0.314 e. The van der Waals surface area contributed by atoms with Crippen molar-refractivity contribution in [3.8, 4) is 0 Å². The quantitative estimate of drug-likeness (QED) is 0.467. The molecule has 0 aliphatic rings. The van der Waals surface area contributed by atoms with Gasteiger partial charge >= 0.3 is 11.8 Å². The molecule has 1 aromatic rings. The van der Waals surface area contributed by atoms with E-state index in [1.807, 2.05) is 0 Å². The molecule has 0 aliphatic heterocycles. The van der Waals surface area contributed by atoms with Crippen LogP contribution >= 0.6 is 0 Å². The van der Waals surface area contributed by atoms with Gasteiger partial charge in [0.2, 0.25) is 0 Å². The highest BCUT2D eigenvalue weighted by Crippen LogP contribution is 2.02. The van der Waals surface area contributed by atoms with Crippen molar-refractivity contribution in [2.45, 2.75) is 6.92 Å². The number of amides is 2. The van der Waals surface area contributed by atoms with Gasteiger partial charge in [-0.15, -0.1) is 0 Å². The average molecular weight is 211 g/mol. The van der Waals surface area contributed by atoms with E-state index in [-0.39, 0.29) is 6.54 Å². The highest BCUT2D eigenvalue weighted by Gasteiger charge is 2.13. The second-order valence-electron chi connectivity index (χ2n) is 2.93. The Morgan fingerprint density at radius 2 is 2.27 bits per heavy atom. The van der Waals surface area contributed by atoms with Crippen LogP contribution in [-0.2, 0) is 9.59 Å². The van der Waals surface area contributed by atoms with Gasteiger partial charge in [-0.3, -0.25) is 14.7 Å². The lowest BCUT2D eigenvalue weighted by Crippen LogP contribution is -2.38. The van der Waals surface area contributed by atoms with E-state index in [0.29, 0.717) is 12.4 Å². The van der Waals surface area contributed by atoms with Crippen molar-refractivity contribution in [2.75, 3.05) is 18.4 Å². The summed E-state index contributed by atoms with van der Waals surface area (Å²) < 4.78 is 0. The van der Waals surface area contributed by atoms with Crippen LogP contribution < -0.4 is 16.4 Å². The fourth-order valence-corrected chi connectivity index (χ4v) is 0.921. The number of nitrogens with zero attached hydrogens (tertiary/aromatic N) is 1. The number of anilines is 1. The van der Waals surface area contributed by atoms with Crippen molar-refractivity contribution in [3.63, 3.8) is 0 Å². The molecule has 7 heteroatoms. The first-order valence-electron chi connectivity index (χ1n) is 4.44. The Bertz CT molecular complexity index is 360. The molecule has 82 valence electrons. The van der Waals surface area contributed by atoms with E-state index in [4.69, 9.17) is 5.73 Å². The van der Waals surface area contributed by atoms with E-state index >= 15 is 0 Å². The molecule has 7 nitrogen and oxygen atoms in total. The third-order valence-corrected chi connectivity index (χ3v) is 1.58. The Hall–Kier alpha value is -1.89. The summed E-state index contributed by atoms with van der Waals surface area (Å²) >= 11 is 0. The number of hydrogen-bond donors (Lipinski definition) is 4. The average Bonchev–Trinajstić information content (AvgIpc) is 2.60. The van der Waals surface area contributed by atoms with Crippen molar-refractivity contribution in [2.24, 2.45) is 5.73 Å². The lowest BCUT2D eigenvalue weighted by Gasteiger charge is -2.02. The van der Waals surface area contributed by atoms with Crippen LogP contribution in [0.1, 0.15) is 5.69 Å². The normalized spacial score (nSPS) is 9.73. The first kappa shape index (κ1) is 11.2. The van der Waals surface area contributed by atoms with E-state index in [2.05, 4.69) is 20.8 Å². The molecule has 0 unspecified atom stereocenters. The lowest BCUT2D eigenvalue weighted by atomic mass is 10.4. The SMILES string of the molecule is Cc1cc(NC(=O)C(=O)NCCN)n[nH]1. The first-order valence-corrected chi connectivity index (χ1v) is 4.44. The molecule has 1 aromatic heterocycles. The van der Waals surface area contributed by atoms with Crippen LogP contribution in [0.5, 0.6) is 0 Å². The number of aryl methyl sites for hydroxylation is 1. The van der Waals surface area contributed by atoms with Crippen molar-refractivity contribution in [3.05, 3.63) is 11.8 Å². The van der Waals surface area contributed by atoms with Gasteiger partial charge in [-0.1, -0.05) is 0 Å². The van der Waals surface area contributed by atoms with Crippen LogP contribution in [0.15, 0.2) is 6.07 Å². The Morgan fingerprint density at radius 1 is 1.53 bits per heavy atom. The second-order valence-corrected chi connectivity index (χ2v) is 2.93. The number of hydrogen-bond acceptors (Lipinski definition) is 4. The molecule has 1 rings (SSSR count). The van der Waals surface area contributed by atoms with Gasteiger partial charge < -0.3 is 16.4 Å². The van der Waals surface area contributed by atoms with Gasteiger partial charge in [-0.05, 0) is 6.92 Å². The maximum Gasteiger partial charge on any atom is 0.314 e. The van der Waals surface area contributed by atoms with Crippen LogP contribution in [0.25, 0.3) is 0 Å². The molecule has 0 fully saturated rings. The zero-order chi connectivity index (χ0) is 11.3. The van der Waals surface area contributed by atoms with Gasteiger partial charge in [-0.2, -0.15) is 5.10 Å². The fraction of sp³-hybridized carbons (Fsp3) is 0.375. The molecule has 15 heavy (non-hydrogen) atoms. The second kappa shape index (κ2) is 5.11. The minimum Gasteiger partial charge on any atom is -0.347 e. The molecule has 0 spiro atoms. The summed E-state index contributed by atoms with van der Waals surface area (Å²) in [5.41, 5.74) is 5.97. The van der Waals surface area contributed by atoms with Gasteiger partial charge in [-0.25, -0.2) is 0 Å². The minimum absolute atomic E-state index is 0.270. The summed E-state index contributed by atoms with van der Waals surface area (Å²) in [6.07, 6.45) is 0. The van der Waals surface area contributed by atoms with E-state index in [1.54, 1.807) is 13.0 Å². The monoisotopic (exact) mass is 211 g/mol. The largest absolute Gasteiger partial charge is 0.347 e. The van der Waals surface area contributed by atoms with Gasteiger partial charge in [0, 0.05) is 24.8 Å². The number of aromatic amines is 1. The summed E-state index contributed by atoms with van der Waals surface area (Å²) in [5, 5.41) is 11.1. The summed E-state index contributed by atoms with van der Waals surface area (Å²) in [6.45, 7) is 2.35. The highest BCUT2D eigenvalue weighted by molar-refractivity contribution is 6.39. The molecular weight excluding hydrogens is 198 g/mol. The zero-order valence-corrected chi connectivity index (χ0v) is 8.33. The molecular formula is C8H13N5O2. The standard InChI is InChI=1S/C8H13N5O2/c1-5-4-6(13-12-5)11-8(15)7(14)10-3-2-9/h4H,2-3,9H2,1H3,(H,10,14)(H2,11,12,13,15). The third-order valence-electron chi connectivity index (χ3n) is 1.58. The number of H-pyrrole nitrogens is 1. The van der Waals surface area contributed by atoms with Crippen LogP contribution in [0.2, 0.25) is 0 Å². The van der Waals surface area contributed by atoms with Crippen LogP contribution in [-0.4, -0.2) is 35.1 Å². The lowest BCUT2D eigenvalue weighted by molar-refractivity contribution is -0.136. The molecule has 0 radical (unpaired) electrons. The van der Waals surface area contributed by atoms with E-state index in [9.17, 15) is 9.59 Å². The van der Waals surface area contributed by atoms with Gasteiger partial charge in [0.1, 0.15) is 0 Å². The number of aromatic nitrogens is 2. The van der Waals surface area contributed by atoms with Crippen LogP contribution in [0.3, 0.4) is 0 Å². The molecule has 0 aliphatic carbocycles. The van der Waals surface area contributed by atoms with Crippen molar-refractivity contribution in [1.82, 2.24) is 15.5 Å². The Morgan fingerprint density at radius 3 is 2.80 bits per heavy atom. The van der Waals surface area contributed by atoms with Crippen LogP contribution in [0, 0.1) is 6.92 Å². The number of carbonyl (C=O) groups is 2. The van der Waals surface area contributed by atoms with E-state index in [0.717, 1.165) is 5.69 Å². The predicted molar refractivity (Wildman–Crippen MR) is 54.0 cm³/mol. The first-order chi connectivity index (χ1) is 7.13. The third kappa shape index (κ3) is 3.39. The number of rotatable bonds is 3. The Kier molecular flexibility index (Phi) is 3.81. The minimum atomic E-state index is -0.755. The fourth-order valence-electron chi connectivity index (χ4n) is 0.921. The molecule has 0 saturated heterocycles. The summed E-state index contributed by atoms with van der Waals surface area (Å²) in [7, 11) is 0. The Balaban J connectivity index is 2.45. The maximum atomic E-state index is 11.2. The molecule has 0 atom stereocenters. The highest BCUT2D eigenvalue weighted by atomic mass is 16.2. The van der Waals surface area contributed by atoms with Crippen molar-refractivity contribution < 1.29 is 9.59 Å². The molecule has 0 saturated carbocycles. The molecule has 2 amide bonds. The van der Waals surface area contributed by atoms with Gasteiger partial charge in [0.25, 0.3) is 0 Å². The van der Waals surface area contributed by atoms with Crippen molar-refractivity contribution >= 4 is 17.6 Å². The number of nitrogens with two attached hydrogens (primary N) is 1. The Labute approximate surface area is 86.4 Å². The molecule has 1 heterocycles. The summed E-state index contributed by atoms with van der Waals surface area (Å²) in [4.78, 5) is 22.3. The summed E-state index contributed by atoms with van der Waals surface area (Å²) in [5.74, 6) is -1.16. The summed E-state index contributed by atoms with van der Waals surface area (Å²) in [6, 6.07) is 1.62. The van der Waals surface area contributed by atoms with Crippen molar-refractivity contribution in [1.29, 1.82) is 0 Å². The van der Waals surface area contributed by atoms with Crippen LogP contribution in [0.4, 0.5) is 5.82 Å².